The van der Waals surface area contributed by atoms with Crippen LogP contribution >= 0.6 is 11.3 Å². The van der Waals surface area contributed by atoms with E-state index in [0.717, 1.165) is 39.4 Å². The lowest BCUT2D eigenvalue weighted by Gasteiger charge is -2.21. The minimum Gasteiger partial charge on any atom is -0.492 e. The highest BCUT2D eigenvalue weighted by molar-refractivity contribution is 7.18. The molecule has 0 N–H and O–H groups in total. The first-order valence-corrected chi connectivity index (χ1v) is 11.2. The fourth-order valence-electron chi connectivity index (χ4n) is 4.12. The fraction of sp³-hybridized carbons (Fsp3) is 0.435. The Morgan fingerprint density at radius 1 is 1.33 bits per heavy atom. The summed E-state index contributed by atoms with van der Waals surface area (Å²) in [6.07, 6.45) is 2.50. The zero-order valence-electron chi connectivity index (χ0n) is 17.6. The average molecular weight is 427 g/mol. The van der Waals surface area contributed by atoms with Crippen LogP contribution in [0.5, 0.6) is 5.75 Å². The molecule has 3 aromatic rings. The summed E-state index contributed by atoms with van der Waals surface area (Å²) in [5.74, 6) is 0.820. The summed E-state index contributed by atoms with van der Waals surface area (Å²) in [6.45, 7) is 6.76. The third-order valence-corrected chi connectivity index (χ3v) is 6.67. The molecule has 6 nitrogen and oxygen atoms in total. The van der Waals surface area contributed by atoms with Gasteiger partial charge in [0.15, 0.2) is 0 Å². The highest BCUT2D eigenvalue weighted by Crippen LogP contribution is 2.41. The van der Waals surface area contributed by atoms with E-state index in [1.54, 1.807) is 11.5 Å². The number of benzene rings is 1. The molecule has 0 spiro atoms. The van der Waals surface area contributed by atoms with Gasteiger partial charge in [0.25, 0.3) is 5.56 Å². The maximum atomic E-state index is 13.4. The molecule has 1 aromatic carbocycles. The second-order valence-corrected chi connectivity index (χ2v) is 8.68. The second kappa shape index (κ2) is 8.60. The molecule has 1 aliphatic carbocycles. The van der Waals surface area contributed by atoms with Gasteiger partial charge in [-0.3, -0.25) is 14.2 Å². The Morgan fingerprint density at radius 3 is 2.93 bits per heavy atom. The number of aromatic nitrogens is 2. The molecule has 0 bridgehead atoms. The Kier molecular flexibility index (Phi) is 5.90. The van der Waals surface area contributed by atoms with Crippen molar-refractivity contribution in [2.45, 2.75) is 52.5 Å². The van der Waals surface area contributed by atoms with Crippen LogP contribution in [0.25, 0.3) is 10.2 Å². The van der Waals surface area contributed by atoms with Crippen LogP contribution in [-0.2, 0) is 22.5 Å². The molecule has 2 heterocycles. The summed E-state index contributed by atoms with van der Waals surface area (Å²) < 4.78 is 12.8. The fourth-order valence-corrected chi connectivity index (χ4v) is 5.43. The smallest absolute Gasteiger partial charge is 0.313 e. The Labute approximate surface area is 179 Å². The van der Waals surface area contributed by atoms with Crippen molar-refractivity contribution in [3.63, 3.8) is 0 Å². The van der Waals surface area contributed by atoms with E-state index in [9.17, 15) is 9.59 Å². The summed E-state index contributed by atoms with van der Waals surface area (Å²) >= 11 is 1.53. The molecule has 0 amide bonds. The first kappa shape index (κ1) is 20.6. The lowest BCUT2D eigenvalue weighted by Crippen LogP contribution is -2.28. The molecule has 0 radical (unpaired) electrons. The molecule has 7 heteroatoms. The zero-order valence-corrected chi connectivity index (χ0v) is 18.4. The predicted octanol–water partition coefficient (Wildman–Crippen LogP) is 4.14. The number of rotatable bonds is 6. The summed E-state index contributed by atoms with van der Waals surface area (Å²) in [4.78, 5) is 32.5. The van der Waals surface area contributed by atoms with Gasteiger partial charge in [0.2, 0.25) is 0 Å². The third kappa shape index (κ3) is 3.86. The van der Waals surface area contributed by atoms with Gasteiger partial charge in [-0.25, -0.2) is 4.98 Å². The van der Waals surface area contributed by atoms with Crippen molar-refractivity contribution >= 4 is 27.5 Å². The number of fused-ring (bicyclic) bond motifs is 3. The molecule has 1 atom stereocenters. The van der Waals surface area contributed by atoms with Crippen molar-refractivity contribution in [3.8, 4) is 5.75 Å². The van der Waals surface area contributed by atoms with Crippen LogP contribution in [0.2, 0.25) is 0 Å². The lowest BCUT2D eigenvalue weighted by molar-refractivity contribution is -0.145. The molecule has 0 aliphatic heterocycles. The Morgan fingerprint density at radius 2 is 2.17 bits per heavy atom. The molecule has 1 unspecified atom stereocenters. The molecule has 1 aliphatic rings. The number of nitrogens with zero attached hydrogens (tertiary/aromatic N) is 2. The van der Waals surface area contributed by atoms with Crippen molar-refractivity contribution < 1.29 is 14.3 Å². The number of hydrogen-bond donors (Lipinski definition) is 0. The standard InChI is InChI=1S/C23H26N2O4S/c1-4-28-23(27)17-9-6-10-18-19(17)20-21(30-18)24-15(3)25(22(20)26)11-12-29-16-8-5-7-14(2)13-16/h5,7-8,13,17H,4,6,9-12H2,1-3H3. The van der Waals surface area contributed by atoms with Crippen LogP contribution in [0.4, 0.5) is 0 Å². The van der Waals surface area contributed by atoms with Gasteiger partial charge < -0.3 is 9.47 Å². The Hall–Kier alpha value is -2.67. The van der Waals surface area contributed by atoms with Crippen molar-refractivity contribution in [2.75, 3.05) is 13.2 Å². The van der Waals surface area contributed by atoms with Crippen LogP contribution < -0.4 is 10.3 Å². The normalized spacial score (nSPS) is 15.8. The van der Waals surface area contributed by atoms with E-state index in [4.69, 9.17) is 14.5 Å². The summed E-state index contributed by atoms with van der Waals surface area (Å²) in [5, 5.41) is 0.578. The summed E-state index contributed by atoms with van der Waals surface area (Å²) in [7, 11) is 0. The van der Waals surface area contributed by atoms with E-state index >= 15 is 0 Å². The Bertz CT molecular complexity index is 1150. The number of esters is 1. The topological polar surface area (TPSA) is 70.4 Å². The quantitative estimate of drug-likeness (QED) is 0.554. The maximum Gasteiger partial charge on any atom is 0.313 e. The molecule has 0 saturated heterocycles. The summed E-state index contributed by atoms with van der Waals surface area (Å²) in [6, 6.07) is 7.83. The Balaban J connectivity index is 1.67. The number of thiophene rings is 1. The van der Waals surface area contributed by atoms with Crippen molar-refractivity contribution in [3.05, 3.63) is 56.4 Å². The van der Waals surface area contributed by atoms with E-state index in [0.29, 0.717) is 37.4 Å². The van der Waals surface area contributed by atoms with E-state index in [1.165, 1.54) is 11.3 Å². The maximum absolute atomic E-state index is 13.4. The molecular weight excluding hydrogens is 400 g/mol. The van der Waals surface area contributed by atoms with Crippen molar-refractivity contribution in [2.24, 2.45) is 0 Å². The second-order valence-electron chi connectivity index (χ2n) is 7.60. The molecule has 0 fully saturated rings. The molecular formula is C23H26N2O4S. The first-order valence-electron chi connectivity index (χ1n) is 10.4. The monoisotopic (exact) mass is 426 g/mol. The van der Waals surface area contributed by atoms with E-state index in [-0.39, 0.29) is 17.4 Å². The SMILES string of the molecule is CCOC(=O)C1CCCc2sc3nc(C)n(CCOc4cccc(C)c4)c(=O)c3c21. The molecule has 4 rings (SSSR count). The number of hydrogen-bond acceptors (Lipinski definition) is 6. The van der Waals surface area contributed by atoms with Crippen molar-refractivity contribution in [1.82, 2.24) is 9.55 Å². The number of ether oxygens (including phenoxy) is 2. The van der Waals surface area contributed by atoms with Gasteiger partial charge >= 0.3 is 5.97 Å². The van der Waals surface area contributed by atoms with Gasteiger partial charge in [-0.1, -0.05) is 12.1 Å². The number of carbonyl (C=O) groups excluding carboxylic acids is 1. The number of carbonyl (C=O) groups is 1. The highest BCUT2D eigenvalue weighted by atomic mass is 32.1. The lowest BCUT2D eigenvalue weighted by atomic mass is 9.86. The van der Waals surface area contributed by atoms with Crippen LogP contribution in [0, 0.1) is 13.8 Å². The van der Waals surface area contributed by atoms with Gasteiger partial charge in [-0.15, -0.1) is 11.3 Å². The largest absolute Gasteiger partial charge is 0.492 e. The van der Waals surface area contributed by atoms with Gasteiger partial charge in [0, 0.05) is 4.88 Å². The van der Waals surface area contributed by atoms with Crippen LogP contribution in [0.1, 0.15) is 47.5 Å². The van der Waals surface area contributed by atoms with E-state index in [2.05, 4.69) is 0 Å². The molecule has 0 saturated carbocycles. The van der Waals surface area contributed by atoms with Crippen molar-refractivity contribution in [1.29, 1.82) is 0 Å². The average Bonchev–Trinajstić information content (AvgIpc) is 3.09. The van der Waals surface area contributed by atoms with Crippen LogP contribution in [0.3, 0.4) is 0 Å². The van der Waals surface area contributed by atoms with Crippen LogP contribution in [0.15, 0.2) is 29.1 Å². The van der Waals surface area contributed by atoms with E-state index < -0.39 is 0 Å². The molecule has 2 aromatic heterocycles. The van der Waals surface area contributed by atoms with Gasteiger partial charge in [0.1, 0.15) is 23.0 Å². The summed E-state index contributed by atoms with van der Waals surface area (Å²) in [5.41, 5.74) is 1.86. The highest BCUT2D eigenvalue weighted by Gasteiger charge is 2.33. The molecule has 30 heavy (non-hydrogen) atoms. The van der Waals surface area contributed by atoms with Gasteiger partial charge in [-0.05, 0) is 63.3 Å². The molecule has 158 valence electrons. The van der Waals surface area contributed by atoms with E-state index in [1.807, 2.05) is 38.1 Å². The van der Waals surface area contributed by atoms with Gasteiger partial charge in [-0.2, -0.15) is 0 Å². The zero-order chi connectivity index (χ0) is 21.3. The first-order chi connectivity index (χ1) is 14.5. The van der Waals surface area contributed by atoms with Crippen LogP contribution in [-0.4, -0.2) is 28.7 Å². The predicted molar refractivity (Wildman–Crippen MR) is 118 cm³/mol. The third-order valence-electron chi connectivity index (χ3n) is 5.51. The number of aryl methyl sites for hydroxylation is 3. The van der Waals surface area contributed by atoms with Gasteiger partial charge in [0.05, 0.1) is 24.5 Å². The minimum absolute atomic E-state index is 0.0981. The minimum atomic E-state index is -0.378.